The molecule has 3 heterocycles. The first-order valence-corrected chi connectivity index (χ1v) is 13.1. The van der Waals surface area contributed by atoms with Crippen molar-refractivity contribution in [1.29, 1.82) is 0 Å². The average Bonchev–Trinajstić information content (AvgIpc) is 3.58. The molecular weight excluding hydrogens is 536 g/mol. The molecule has 0 bridgehead atoms. The van der Waals surface area contributed by atoms with Gasteiger partial charge in [0.15, 0.2) is 5.11 Å². The number of anilines is 1. The molecule has 39 heavy (non-hydrogen) atoms. The van der Waals surface area contributed by atoms with E-state index in [0.29, 0.717) is 34.7 Å². The van der Waals surface area contributed by atoms with Crippen molar-refractivity contribution in [2.45, 2.75) is 12.1 Å². The van der Waals surface area contributed by atoms with Crippen LogP contribution in [0.4, 0.5) is 5.69 Å². The Morgan fingerprint density at radius 2 is 1.90 bits per heavy atom. The second kappa shape index (κ2) is 11.9. The van der Waals surface area contributed by atoms with Gasteiger partial charge in [-0.2, -0.15) is 0 Å². The summed E-state index contributed by atoms with van der Waals surface area (Å²) in [5.41, 5.74) is 3.86. The molecule has 0 radical (unpaired) electrons. The maximum absolute atomic E-state index is 12.2. The Hall–Kier alpha value is -3.92. The highest BCUT2D eigenvalue weighted by atomic mass is 35.5. The second-order valence-corrected chi connectivity index (χ2v) is 9.59. The third-order valence-electron chi connectivity index (χ3n) is 6.47. The van der Waals surface area contributed by atoms with E-state index in [1.165, 1.54) is 7.11 Å². The molecule has 0 saturated carbocycles. The van der Waals surface area contributed by atoms with Crippen LogP contribution >= 0.6 is 23.8 Å². The molecule has 1 fully saturated rings. The lowest BCUT2D eigenvalue weighted by Gasteiger charge is -2.29. The van der Waals surface area contributed by atoms with Crippen molar-refractivity contribution >= 4 is 40.6 Å². The Kier molecular flexibility index (Phi) is 8.11. The summed E-state index contributed by atoms with van der Waals surface area (Å²) in [6, 6.07) is 22.2. The molecule has 1 saturated heterocycles. The van der Waals surface area contributed by atoms with Crippen LogP contribution in [0.15, 0.2) is 85.2 Å². The summed E-state index contributed by atoms with van der Waals surface area (Å²) in [6.07, 6.45) is 3.72. The summed E-state index contributed by atoms with van der Waals surface area (Å²) >= 11 is 12.5. The summed E-state index contributed by atoms with van der Waals surface area (Å²) in [5, 5.41) is 4.47. The van der Waals surface area contributed by atoms with Crippen LogP contribution in [0, 0.1) is 0 Å². The van der Waals surface area contributed by atoms with Gasteiger partial charge in [-0.05, 0) is 72.9 Å². The number of methoxy groups -OCH3 is 2. The molecule has 4 aromatic rings. The highest BCUT2D eigenvalue weighted by Gasteiger charge is 2.42. The van der Waals surface area contributed by atoms with E-state index in [2.05, 4.69) is 10.3 Å². The predicted octanol–water partition coefficient (Wildman–Crippen LogP) is 5.51. The number of carbonyl (C=O) groups excluding carboxylic acids is 1. The molecule has 0 amide bonds. The summed E-state index contributed by atoms with van der Waals surface area (Å²) in [7, 11) is 2.99. The Labute approximate surface area is 237 Å². The first-order valence-electron chi connectivity index (χ1n) is 12.3. The topological polar surface area (TPSA) is 77.9 Å². The van der Waals surface area contributed by atoms with E-state index >= 15 is 0 Å². The van der Waals surface area contributed by atoms with Crippen LogP contribution in [0.25, 0.3) is 5.69 Å². The van der Waals surface area contributed by atoms with E-state index < -0.39 is 5.97 Å². The van der Waals surface area contributed by atoms with Gasteiger partial charge in [0, 0.05) is 36.6 Å². The Morgan fingerprint density at radius 1 is 1.03 bits per heavy atom. The molecule has 2 atom stereocenters. The number of nitrogens with one attached hydrogen (secondary N) is 1. The minimum atomic E-state index is -0.398. The van der Waals surface area contributed by atoms with Gasteiger partial charge in [0.2, 0.25) is 0 Å². The molecule has 0 aliphatic carbocycles. The third kappa shape index (κ3) is 5.47. The van der Waals surface area contributed by atoms with E-state index in [1.807, 2.05) is 76.3 Å². The lowest BCUT2D eigenvalue weighted by atomic mass is 10.0. The zero-order valence-corrected chi connectivity index (χ0v) is 23.0. The number of thiocarbonyl (C=S) groups is 1. The van der Waals surface area contributed by atoms with Gasteiger partial charge in [-0.15, -0.1) is 0 Å². The number of ether oxygens (including phenoxy) is 3. The van der Waals surface area contributed by atoms with Crippen LogP contribution in [-0.2, 0) is 9.47 Å². The number of hydrogen-bond acceptors (Lipinski definition) is 6. The fourth-order valence-corrected chi connectivity index (χ4v) is 5.27. The first kappa shape index (κ1) is 26.7. The zero-order valence-electron chi connectivity index (χ0n) is 21.4. The van der Waals surface area contributed by atoms with Crippen LogP contribution in [0.2, 0.25) is 5.02 Å². The number of esters is 1. The van der Waals surface area contributed by atoms with E-state index in [1.54, 1.807) is 25.4 Å². The molecule has 2 aromatic heterocycles. The SMILES string of the molecule is COCCOc1ccc(N2C(=S)N[C@H](c3ccccn3)[C@@H]2c2cccn2-c2cccc(C(=O)OC)c2)cc1Cl. The number of nitrogens with zero attached hydrogens (tertiary/aromatic N) is 3. The first-order chi connectivity index (χ1) is 19.0. The second-order valence-electron chi connectivity index (χ2n) is 8.80. The van der Waals surface area contributed by atoms with Gasteiger partial charge in [0.25, 0.3) is 0 Å². The van der Waals surface area contributed by atoms with Crippen LogP contribution in [0.1, 0.15) is 33.8 Å². The normalized spacial score (nSPS) is 16.7. The number of benzene rings is 2. The highest BCUT2D eigenvalue weighted by molar-refractivity contribution is 7.80. The number of hydrogen-bond donors (Lipinski definition) is 1. The van der Waals surface area contributed by atoms with E-state index in [0.717, 1.165) is 22.8 Å². The maximum atomic E-state index is 12.2. The minimum Gasteiger partial charge on any atom is -0.490 e. The van der Waals surface area contributed by atoms with Crippen molar-refractivity contribution in [3.8, 4) is 11.4 Å². The Balaban J connectivity index is 1.59. The van der Waals surface area contributed by atoms with Crippen molar-refractivity contribution in [3.63, 3.8) is 0 Å². The van der Waals surface area contributed by atoms with Gasteiger partial charge in [0.1, 0.15) is 18.4 Å². The maximum Gasteiger partial charge on any atom is 0.337 e. The van der Waals surface area contributed by atoms with Gasteiger partial charge in [-0.1, -0.05) is 23.7 Å². The van der Waals surface area contributed by atoms with Gasteiger partial charge < -0.3 is 29.0 Å². The third-order valence-corrected chi connectivity index (χ3v) is 7.08. The van der Waals surface area contributed by atoms with Gasteiger partial charge in [0.05, 0.1) is 36.0 Å². The standard InChI is InChI=1S/C29H27ClN4O4S/c1-36-15-16-38-25-12-11-21(18-22(25)30)34-27(26(32-29(34)39)23-9-3-4-13-31-23)24-10-6-14-33(24)20-8-5-7-19(17-20)28(35)37-2/h3-14,17-18,26-27H,15-16H2,1-2H3,(H,32,39)/t26-,27+/m1/s1. The molecule has 0 spiro atoms. The minimum absolute atomic E-state index is 0.257. The molecule has 200 valence electrons. The zero-order chi connectivity index (χ0) is 27.4. The molecule has 8 nitrogen and oxygen atoms in total. The molecule has 10 heteroatoms. The van der Waals surface area contributed by atoms with Gasteiger partial charge in [-0.25, -0.2) is 4.79 Å². The fraction of sp³-hybridized carbons (Fsp3) is 0.207. The Morgan fingerprint density at radius 3 is 2.64 bits per heavy atom. The lowest BCUT2D eigenvalue weighted by Crippen LogP contribution is -2.30. The van der Waals surface area contributed by atoms with Crippen LogP contribution < -0.4 is 15.0 Å². The molecule has 1 aliphatic rings. The van der Waals surface area contributed by atoms with E-state index in [9.17, 15) is 4.79 Å². The van der Waals surface area contributed by atoms with E-state index in [4.69, 9.17) is 38.0 Å². The van der Waals surface area contributed by atoms with E-state index in [-0.39, 0.29) is 12.1 Å². The smallest absolute Gasteiger partial charge is 0.337 e. The highest BCUT2D eigenvalue weighted by Crippen LogP contribution is 2.43. The molecule has 1 aliphatic heterocycles. The number of aromatic nitrogens is 2. The molecule has 0 unspecified atom stereocenters. The number of rotatable bonds is 9. The summed E-state index contributed by atoms with van der Waals surface area (Å²) in [5.74, 6) is 0.168. The van der Waals surface area contributed by atoms with Gasteiger partial charge in [-0.3, -0.25) is 4.98 Å². The van der Waals surface area contributed by atoms with Crippen LogP contribution in [0.5, 0.6) is 5.75 Å². The summed E-state index contributed by atoms with van der Waals surface area (Å²) < 4.78 is 17.8. The average molecular weight is 563 g/mol. The quantitative estimate of drug-likeness (QED) is 0.162. The summed E-state index contributed by atoms with van der Waals surface area (Å²) in [6.45, 7) is 0.849. The number of pyridine rings is 1. The summed E-state index contributed by atoms with van der Waals surface area (Å²) in [4.78, 5) is 18.9. The van der Waals surface area contributed by atoms with Gasteiger partial charge >= 0.3 is 5.97 Å². The Bertz CT molecular complexity index is 1480. The molecule has 5 rings (SSSR count). The largest absolute Gasteiger partial charge is 0.490 e. The van der Waals surface area contributed by atoms with Crippen molar-refractivity contribution in [2.24, 2.45) is 0 Å². The molecule has 1 N–H and O–H groups in total. The monoisotopic (exact) mass is 562 g/mol. The predicted molar refractivity (Wildman–Crippen MR) is 154 cm³/mol. The lowest BCUT2D eigenvalue weighted by molar-refractivity contribution is 0.0600. The molecular formula is C29H27ClN4O4S. The van der Waals surface area contributed by atoms with Crippen molar-refractivity contribution < 1.29 is 19.0 Å². The van der Waals surface area contributed by atoms with Crippen LogP contribution in [-0.4, -0.2) is 48.1 Å². The van der Waals surface area contributed by atoms with Crippen LogP contribution in [0.3, 0.4) is 0 Å². The number of halogens is 1. The van der Waals surface area contributed by atoms with Crippen molar-refractivity contribution in [3.05, 3.63) is 107 Å². The number of carbonyl (C=O) groups is 1. The van der Waals surface area contributed by atoms with Crippen molar-refractivity contribution in [1.82, 2.24) is 14.9 Å². The fourth-order valence-electron chi connectivity index (χ4n) is 4.70. The van der Waals surface area contributed by atoms with Crippen molar-refractivity contribution in [2.75, 3.05) is 32.3 Å². The molecule has 2 aromatic carbocycles.